The number of nitrogens with zero attached hydrogens (tertiary/aromatic N) is 1. The number of carbonyl (C=O) groups is 3. The van der Waals surface area contributed by atoms with Gasteiger partial charge in [-0.15, -0.1) is 11.3 Å². The number of hydrogen-bond acceptors (Lipinski definition) is 7. The van der Waals surface area contributed by atoms with E-state index in [-0.39, 0.29) is 23.1 Å². The Bertz CT molecular complexity index is 1330. The Morgan fingerprint density at radius 3 is 2.59 bits per heavy atom. The minimum absolute atomic E-state index is 0.108. The number of carboxylic acid groups (broad SMARTS) is 1. The van der Waals surface area contributed by atoms with E-state index in [1.54, 1.807) is 18.2 Å². The molecule has 34 heavy (non-hydrogen) atoms. The van der Waals surface area contributed by atoms with E-state index in [0.29, 0.717) is 41.4 Å². The molecule has 2 heterocycles. The fraction of sp³-hybridized carbons (Fsp3) is 0.167. The van der Waals surface area contributed by atoms with Crippen LogP contribution < -0.4 is 10.6 Å². The van der Waals surface area contributed by atoms with Crippen molar-refractivity contribution in [2.45, 2.75) is 19.3 Å². The molecule has 0 aliphatic carbocycles. The number of anilines is 1. The molecule has 2 aromatic heterocycles. The maximum atomic E-state index is 12.4. The Kier molecular flexibility index (Phi) is 7.19. The van der Waals surface area contributed by atoms with Crippen molar-refractivity contribution in [3.05, 3.63) is 65.0 Å². The second kappa shape index (κ2) is 10.4. The molecule has 2 aromatic carbocycles. The second-order valence-corrected chi connectivity index (χ2v) is 9.56. The van der Waals surface area contributed by atoms with E-state index in [9.17, 15) is 19.5 Å². The van der Waals surface area contributed by atoms with Crippen molar-refractivity contribution in [3.8, 4) is 16.2 Å². The molecule has 0 radical (unpaired) electrons. The molecular weight excluding hydrogens is 474 g/mol. The molecule has 2 amide bonds. The number of amides is 2. The maximum absolute atomic E-state index is 12.4. The molecule has 0 aliphatic heterocycles. The molecule has 174 valence electrons. The van der Waals surface area contributed by atoms with Crippen LogP contribution in [-0.2, 0) is 4.79 Å². The normalized spacial score (nSPS) is 10.8. The standard InChI is InChI=1S/C24H21N3O5S2/c28-17-9-8-14(13-15(17)23(31)32)18-10-11-20(33-18)22(30)25-12-4-3-7-21(29)27-24-26-16-5-1-2-6-19(16)34-24/h1-2,5-6,8-11,13,28H,3-4,7,12H2,(H,25,30)(H,31,32)(H,26,27,29). The smallest absolute Gasteiger partial charge is 0.339 e. The van der Waals surface area contributed by atoms with Crippen molar-refractivity contribution in [2.75, 3.05) is 11.9 Å². The number of unbranched alkanes of at least 4 members (excludes halogenated alkanes) is 1. The van der Waals surface area contributed by atoms with E-state index >= 15 is 0 Å². The van der Waals surface area contributed by atoms with Crippen LogP contribution in [0.25, 0.3) is 20.7 Å². The Morgan fingerprint density at radius 2 is 1.79 bits per heavy atom. The average molecular weight is 496 g/mol. The Hall–Kier alpha value is -3.76. The lowest BCUT2D eigenvalue weighted by Crippen LogP contribution is -2.23. The first-order valence-electron chi connectivity index (χ1n) is 10.5. The summed E-state index contributed by atoms with van der Waals surface area (Å²) in [7, 11) is 0. The van der Waals surface area contributed by atoms with Crippen molar-refractivity contribution < 1.29 is 24.6 Å². The molecule has 4 aromatic rings. The van der Waals surface area contributed by atoms with Crippen LogP contribution in [0.1, 0.15) is 39.3 Å². The topological polar surface area (TPSA) is 129 Å². The Balaban J connectivity index is 1.22. The van der Waals surface area contributed by atoms with E-state index in [2.05, 4.69) is 15.6 Å². The summed E-state index contributed by atoms with van der Waals surface area (Å²) in [4.78, 5) is 41.4. The number of hydrogen-bond donors (Lipinski definition) is 4. The number of carboxylic acids is 1. The van der Waals surface area contributed by atoms with Gasteiger partial charge in [-0.3, -0.25) is 9.59 Å². The first-order valence-corrected chi connectivity index (χ1v) is 12.1. The first kappa shape index (κ1) is 23.4. The van der Waals surface area contributed by atoms with Crippen LogP contribution >= 0.6 is 22.7 Å². The number of thiazole rings is 1. The minimum Gasteiger partial charge on any atom is -0.507 e. The molecule has 0 atom stereocenters. The molecule has 8 nitrogen and oxygen atoms in total. The zero-order valence-electron chi connectivity index (χ0n) is 17.9. The second-order valence-electron chi connectivity index (χ2n) is 7.45. The van der Waals surface area contributed by atoms with Gasteiger partial charge < -0.3 is 20.8 Å². The quantitative estimate of drug-likeness (QED) is 0.243. The van der Waals surface area contributed by atoms with Gasteiger partial charge in [-0.2, -0.15) is 0 Å². The number of aromatic hydroxyl groups is 1. The summed E-state index contributed by atoms with van der Waals surface area (Å²) in [6, 6.07) is 15.4. The first-order chi connectivity index (χ1) is 16.4. The molecule has 0 bridgehead atoms. The Morgan fingerprint density at radius 1 is 0.971 bits per heavy atom. The monoisotopic (exact) mass is 495 g/mol. The zero-order valence-corrected chi connectivity index (χ0v) is 19.5. The third-order valence-corrected chi connectivity index (χ3v) is 7.08. The summed E-state index contributed by atoms with van der Waals surface area (Å²) in [6.45, 7) is 0.433. The molecule has 4 rings (SSSR count). The summed E-state index contributed by atoms with van der Waals surface area (Å²) in [6.07, 6.45) is 1.61. The van der Waals surface area contributed by atoms with Gasteiger partial charge >= 0.3 is 5.97 Å². The fourth-order valence-electron chi connectivity index (χ4n) is 3.28. The van der Waals surface area contributed by atoms with Crippen LogP contribution in [0.2, 0.25) is 0 Å². The summed E-state index contributed by atoms with van der Waals surface area (Å²) < 4.78 is 1.02. The lowest BCUT2D eigenvalue weighted by Gasteiger charge is -2.04. The van der Waals surface area contributed by atoms with Crippen LogP contribution in [-0.4, -0.2) is 39.5 Å². The van der Waals surface area contributed by atoms with Gasteiger partial charge in [0.25, 0.3) is 5.91 Å². The van der Waals surface area contributed by atoms with Crippen molar-refractivity contribution >= 4 is 55.8 Å². The van der Waals surface area contributed by atoms with Crippen LogP contribution in [0.15, 0.2) is 54.6 Å². The minimum atomic E-state index is -1.22. The van der Waals surface area contributed by atoms with Crippen molar-refractivity contribution in [2.24, 2.45) is 0 Å². The third-order valence-electron chi connectivity index (χ3n) is 5.00. The van der Waals surface area contributed by atoms with Crippen molar-refractivity contribution in [1.29, 1.82) is 0 Å². The van der Waals surface area contributed by atoms with Gasteiger partial charge in [-0.05, 0) is 60.9 Å². The number of fused-ring (bicyclic) bond motifs is 1. The third kappa shape index (κ3) is 5.59. The molecule has 4 N–H and O–H groups in total. The molecule has 0 spiro atoms. The number of para-hydroxylation sites is 1. The van der Waals surface area contributed by atoms with Crippen LogP contribution in [0.4, 0.5) is 5.13 Å². The highest BCUT2D eigenvalue weighted by atomic mass is 32.1. The van der Waals surface area contributed by atoms with Crippen LogP contribution in [0.3, 0.4) is 0 Å². The highest BCUT2D eigenvalue weighted by Crippen LogP contribution is 2.31. The summed E-state index contributed by atoms with van der Waals surface area (Å²) in [5.74, 6) is -1.86. The summed E-state index contributed by atoms with van der Waals surface area (Å²) >= 11 is 2.67. The number of benzene rings is 2. The number of aromatic nitrogens is 1. The van der Waals surface area contributed by atoms with Crippen molar-refractivity contribution in [1.82, 2.24) is 10.3 Å². The molecule has 0 saturated carbocycles. The van der Waals surface area contributed by atoms with Crippen LogP contribution in [0.5, 0.6) is 5.75 Å². The molecule has 10 heteroatoms. The van der Waals surface area contributed by atoms with E-state index < -0.39 is 5.97 Å². The number of rotatable bonds is 9. The van der Waals surface area contributed by atoms with Gasteiger partial charge in [0.1, 0.15) is 11.3 Å². The van der Waals surface area contributed by atoms with Gasteiger partial charge in [-0.25, -0.2) is 9.78 Å². The molecule has 0 saturated heterocycles. The lowest BCUT2D eigenvalue weighted by atomic mass is 10.1. The number of aromatic carboxylic acids is 1. The number of nitrogens with one attached hydrogen (secondary N) is 2. The van der Waals surface area contributed by atoms with Gasteiger partial charge in [0.05, 0.1) is 15.1 Å². The van der Waals surface area contributed by atoms with E-state index in [4.69, 9.17) is 5.11 Å². The highest BCUT2D eigenvalue weighted by Gasteiger charge is 2.14. The largest absolute Gasteiger partial charge is 0.507 e. The average Bonchev–Trinajstić information content (AvgIpc) is 3.46. The zero-order chi connectivity index (χ0) is 24.1. The van der Waals surface area contributed by atoms with E-state index in [0.717, 1.165) is 15.1 Å². The van der Waals surface area contributed by atoms with Gasteiger partial charge in [0.2, 0.25) is 5.91 Å². The van der Waals surface area contributed by atoms with Gasteiger partial charge in [0.15, 0.2) is 5.13 Å². The molecular formula is C24H21N3O5S2. The molecule has 0 unspecified atom stereocenters. The predicted molar refractivity (Wildman–Crippen MR) is 133 cm³/mol. The number of carbonyl (C=O) groups excluding carboxylic acids is 2. The summed E-state index contributed by atoms with van der Waals surface area (Å²) in [5.41, 5.74) is 1.28. The number of phenols is 1. The van der Waals surface area contributed by atoms with Gasteiger partial charge in [0, 0.05) is 17.8 Å². The van der Waals surface area contributed by atoms with Gasteiger partial charge in [-0.1, -0.05) is 23.5 Å². The highest BCUT2D eigenvalue weighted by molar-refractivity contribution is 7.22. The SMILES string of the molecule is O=C(CCCCNC(=O)c1ccc(-c2ccc(O)c(C(=O)O)c2)s1)Nc1nc2ccccc2s1. The number of thiophene rings is 1. The fourth-order valence-corrected chi connectivity index (χ4v) is 5.08. The predicted octanol–water partition coefficient (Wildman–Crippen LogP) is 4.97. The van der Waals surface area contributed by atoms with E-state index in [1.807, 2.05) is 24.3 Å². The molecule has 0 aliphatic rings. The summed E-state index contributed by atoms with van der Waals surface area (Å²) in [5, 5.41) is 25.1. The Labute approximate surface area is 202 Å². The maximum Gasteiger partial charge on any atom is 0.339 e. The van der Waals surface area contributed by atoms with Crippen molar-refractivity contribution in [3.63, 3.8) is 0 Å². The lowest BCUT2D eigenvalue weighted by molar-refractivity contribution is -0.116. The van der Waals surface area contributed by atoms with Crippen LogP contribution in [0, 0.1) is 0 Å². The van der Waals surface area contributed by atoms with E-state index in [1.165, 1.54) is 34.8 Å². The molecule has 0 fully saturated rings.